The van der Waals surface area contributed by atoms with E-state index in [2.05, 4.69) is 5.32 Å². The van der Waals surface area contributed by atoms with Crippen LogP contribution in [0.2, 0.25) is 0 Å². The van der Waals surface area contributed by atoms with Crippen LogP contribution in [-0.2, 0) is 10.3 Å². The number of benzene rings is 3. The number of urea groups is 1. The predicted molar refractivity (Wildman–Crippen MR) is 122 cm³/mol. The van der Waals surface area contributed by atoms with Crippen molar-refractivity contribution in [3.8, 4) is 16.9 Å². The van der Waals surface area contributed by atoms with Gasteiger partial charge in [-0.1, -0.05) is 61.5 Å². The molecule has 4 rings (SSSR count). The van der Waals surface area contributed by atoms with Crippen molar-refractivity contribution in [3.63, 3.8) is 0 Å². The summed E-state index contributed by atoms with van der Waals surface area (Å²) in [4.78, 5) is 26.7. The van der Waals surface area contributed by atoms with E-state index in [1.807, 2.05) is 42.5 Å². The number of imide groups is 1. The Labute approximate surface area is 191 Å². The summed E-state index contributed by atoms with van der Waals surface area (Å²) in [5, 5.41) is 13.2. The maximum Gasteiger partial charge on any atom is 0.325 e. The SMILES string of the molecule is CCC1(c2ccc(F)cc2)NC(=O)N(CC(O)COc2ccc(-c3ccccc3)cc2)C1=O. The third kappa shape index (κ3) is 4.59. The van der Waals surface area contributed by atoms with Gasteiger partial charge >= 0.3 is 6.03 Å². The Morgan fingerprint density at radius 3 is 2.24 bits per heavy atom. The molecule has 6 nitrogen and oxygen atoms in total. The summed E-state index contributed by atoms with van der Waals surface area (Å²) in [5.74, 6) is -0.337. The number of ether oxygens (including phenoxy) is 1. The van der Waals surface area contributed by atoms with Crippen LogP contribution in [0.25, 0.3) is 11.1 Å². The molecule has 0 aromatic heterocycles. The number of aliphatic hydroxyl groups is 1. The van der Waals surface area contributed by atoms with Crippen LogP contribution < -0.4 is 10.1 Å². The second-order valence-corrected chi connectivity index (χ2v) is 7.97. The van der Waals surface area contributed by atoms with Crippen molar-refractivity contribution in [2.45, 2.75) is 25.0 Å². The normalized spacial score (nSPS) is 18.8. The Morgan fingerprint density at radius 2 is 1.61 bits per heavy atom. The van der Waals surface area contributed by atoms with Crippen LogP contribution in [0.5, 0.6) is 5.75 Å². The number of hydrogen-bond acceptors (Lipinski definition) is 4. The molecule has 0 spiro atoms. The van der Waals surface area contributed by atoms with E-state index in [0.717, 1.165) is 16.0 Å². The molecule has 3 aromatic carbocycles. The Balaban J connectivity index is 1.38. The van der Waals surface area contributed by atoms with Gasteiger partial charge in [0.05, 0.1) is 6.54 Å². The molecule has 2 N–H and O–H groups in total. The first-order chi connectivity index (χ1) is 15.9. The number of nitrogens with one attached hydrogen (secondary N) is 1. The highest BCUT2D eigenvalue weighted by molar-refractivity contribution is 6.07. The van der Waals surface area contributed by atoms with Gasteiger partial charge in [0.25, 0.3) is 5.91 Å². The molecule has 2 atom stereocenters. The second-order valence-electron chi connectivity index (χ2n) is 7.97. The number of β-amino-alcohol motifs (C(OH)–C–C–N with tert-alkyl or cyclic N) is 1. The minimum Gasteiger partial charge on any atom is -0.491 e. The van der Waals surface area contributed by atoms with Crippen molar-refractivity contribution in [1.82, 2.24) is 10.2 Å². The molecule has 1 heterocycles. The van der Waals surface area contributed by atoms with Crippen molar-refractivity contribution in [1.29, 1.82) is 0 Å². The van der Waals surface area contributed by atoms with E-state index in [9.17, 15) is 19.1 Å². The molecule has 2 unspecified atom stereocenters. The predicted octanol–water partition coefficient (Wildman–Crippen LogP) is 4.09. The Morgan fingerprint density at radius 1 is 0.970 bits per heavy atom. The van der Waals surface area contributed by atoms with Gasteiger partial charge in [-0.2, -0.15) is 0 Å². The average Bonchev–Trinajstić information content (AvgIpc) is 3.09. The van der Waals surface area contributed by atoms with Gasteiger partial charge in [0.2, 0.25) is 0 Å². The van der Waals surface area contributed by atoms with Gasteiger partial charge in [-0.15, -0.1) is 0 Å². The van der Waals surface area contributed by atoms with Crippen LogP contribution in [0.15, 0.2) is 78.9 Å². The fourth-order valence-electron chi connectivity index (χ4n) is 4.00. The third-order valence-corrected chi connectivity index (χ3v) is 5.84. The van der Waals surface area contributed by atoms with Crippen molar-refractivity contribution >= 4 is 11.9 Å². The van der Waals surface area contributed by atoms with E-state index in [4.69, 9.17) is 4.74 Å². The maximum absolute atomic E-state index is 13.3. The van der Waals surface area contributed by atoms with Gasteiger partial charge in [-0.05, 0) is 47.4 Å². The second kappa shape index (κ2) is 9.42. The molecule has 3 aromatic rings. The van der Waals surface area contributed by atoms with Crippen molar-refractivity contribution in [2.24, 2.45) is 0 Å². The lowest BCUT2D eigenvalue weighted by Crippen LogP contribution is -2.44. The maximum atomic E-state index is 13.3. The number of carbonyl (C=O) groups excluding carboxylic acids is 2. The van der Waals surface area contributed by atoms with E-state index >= 15 is 0 Å². The molecule has 0 radical (unpaired) electrons. The number of rotatable bonds is 8. The highest BCUT2D eigenvalue weighted by Gasteiger charge is 2.51. The largest absolute Gasteiger partial charge is 0.491 e. The van der Waals surface area contributed by atoms with Crippen molar-refractivity contribution in [3.05, 3.63) is 90.2 Å². The standard InChI is InChI=1S/C26H25FN2O4/c1-2-26(20-10-12-21(27)13-11-20)24(31)29(25(32)28-26)16-22(30)17-33-23-14-8-19(9-15-23)18-6-4-3-5-7-18/h3-15,22,30H,2,16-17H2,1H3,(H,28,32). The summed E-state index contributed by atoms with van der Waals surface area (Å²) in [6, 6.07) is 22.2. The quantitative estimate of drug-likeness (QED) is 0.509. The molecule has 170 valence electrons. The van der Waals surface area contributed by atoms with Gasteiger partial charge in [-0.3, -0.25) is 9.69 Å². The van der Waals surface area contributed by atoms with E-state index in [-0.39, 0.29) is 13.2 Å². The summed E-state index contributed by atoms with van der Waals surface area (Å²) in [6.45, 7) is 1.47. The van der Waals surface area contributed by atoms with Gasteiger partial charge in [-0.25, -0.2) is 9.18 Å². The zero-order valence-electron chi connectivity index (χ0n) is 18.2. The van der Waals surface area contributed by atoms with Crippen molar-refractivity contribution < 1.29 is 23.8 Å². The molecule has 33 heavy (non-hydrogen) atoms. The van der Waals surface area contributed by atoms with E-state index in [1.54, 1.807) is 19.1 Å². The molecule has 7 heteroatoms. The first kappa shape index (κ1) is 22.5. The van der Waals surface area contributed by atoms with E-state index in [1.165, 1.54) is 24.3 Å². The third-order valence-electron chi connectivity index (χ3n) is 5.84. The number of nitrogens with zero attached hydrogens (tertiary/aromatic N) is 1. The zero-order chi connectivity index (χ0) is 23.4. The minimum atomic E-state index is -1.28. The fraction of sp³-hybridized carbons (Fsp3) is 0.231. The lowest BCUT2D eigenvalue weighted by Gasteiger charge is -2.26. The monoisotopic (exact) mass is 448 g/mol. The Kier molecular flexibility index (Phi) is 6.42. The molecule has 0 bridgehead atoms. The number of aliphatic hydroxyl groups excluding tert-OH is 1. The summed E-state index contributed by atoms with van der Waals surface area (Å²) in [5.41, 5.74) is 1.35. The molecular formula is C26H25FN2O4. The van der Waals surface area contributed by atoms with Gasteiger partial charge in [0, 0.05) is 0 Å². The highest BCUT2D eigenvalue weighted by atomic mass is 19.1. The molecule has 1 fully saturated rings. The number of hydrogen-bond donors (Lipinski definition) is 2. The number of carbonyl (C=O) groups is 2. The van der Waals surface area contributed by atoms with Gasteiger partial charge in [0.1, 0.15) is 29.8 Å². The molecule has 0 aliphatic carbocycles. The van der Waals surface area contributed by atoms with E-state index in [0.29, 0.717) is 17.7 Å². The number of halogens is 1. The summed E-state index contributed by atoms with van der Waals surface area (Å²) in [6.07, 6.45) is -0.783. The molecular weight excluding hydrogens is 423 g/mol. The summed E-state index contributed by atoms with van der Waals surface area (Å²) in [7, 11) is 0. The van der Waals surface area contributed by atoms with Crippen LogP contribution >= 0.6 is 0 Å². The van der Waals surface area contributed by atoms with Crippen LogP contribution in [0.3, 0.4) is 0 Å². The molecule has 1 saturated heterocycles. The first-order valence-corrected chi connectivity index (χ1v) is 10.8. The van der Waals surface area contributed by atoms with Crippen LogP contribution in [0.4, 0.5) is 9.18 Å². The van der Waals surface area contributed by atoms with E-state index < -0.39 is 29.4 Å². The minimum absolute atomic E-state index is 0.0859. The lowest BCUT2D eigenvalue weighted by atomic mass is 9.87. The lowest BCUT2D eigenvalue weighted by molar-refractivity contribution is -0.132. The summed E-state index contributed by atoms with van der Waals surface area (Å²) >= 11 is 0. The topological polar surface area (TPSA) is 78.9 Å². The fourth-order valence-corrected chi connectivity index (χ4v) is 4.00. The van der Waals surface area contributed by atoms with Crippen LogP contribution in [0, 0.1) is 5.82 Å². The molecule has 0 saturated carbocycles. The van der Waals surface area contributed by atoms with Gasteiger partial charge < -0.3 is 15.2 Å². The Hall–Kier alpha value is -3.71. The zero-order valence-corrected chi connectivity index (χ0v) is 18.2. The molecule has 3 amide bonds. The van der Waals surface area contributed by atoms with Crippen LogP contribution in [-0.4, -0.2) is 41.2 Å². The molecule has 1 aliphatic rings. The first-order valence-electron chi connectivity index (χ1n) is 10.8. The van der Waals surface area contributed by atoms with Gasteiger partial charge in [0.15, 0.2) is 0 Å². The number of amides is 3. The summed E-state index contributed by atoms with van der Waals surface area (Å²) < 4.78 is 19.0. The van der Waals surface area contributed by atoms with Crippen LogP contribution in [0.1, 0.15) is 18.9 Å². The molecule has 1 aliphatic heterocycles. The smallest absolute Gasteiger partial charge is 0.325 e. The average molecular weight is 448 g/mol. The Bertz CT molecular complexity index is 1120. The highest BCUT2D eigenvalue weighted by Crippen LogP contribution is 2.32. The van der Waals surface area contributed by atoms with Crippen molar-refractivity contribution in [2.75, 3.05) is 13.2 Å².